The van der Waals surface area contributed by atoms with Crippen molar-refractivity contribution in [2.24, 2.45) is 0 Å². The molecule has 1 aromatic heterocycles. The van der Waals surface area contributed by atoms with Crippen molar-refractivity contribution in [2.45, 2.75) is 19.9 Å². The summed E-state index contributed by atoms with van der Waals surface area (Å²) in [6.07, 6.45) is 2.84. The summed E-state index contributed by atoms with van der Waals surface area (Å²) < 4.78 is 11.8. The van der Waals surface area contributed by atoms with Crippen LogP contribution in [0.4, 0.5) is 0 Å². The fraction of sp³-hybridized carbons (Fsp3) is 0.357. The summed E-state index contributed by atoms with van der Waals surface area (Å²) in [5.74, 6) is 2.26. The van der Waals surface area contributed by atoms with Crippen LogP contribution in [0, 0.1) is 0 Å². The van der Waals surface area contributed by atoms with E-state index in [4.69, 9.17) is 9.15 Å². The molecule has 0 saturated carbocycles. The molecule has 2 aromatic rings. The Morgan fingerprint density at radius 1 is 1.42 bits per heavy atom. The molecular formula is C14H17BrN2O2. The molecule has 4 nitrogen and oxygen atoms in total. The van der Waals surface area contributed by atoms with Crippen LogP contribution in [0.15, 0.2) is 33.3 Å². The van der Waals surface area contributed by atoms with Crippen molar-refractivity contribution in [1.82, 2.24) is 10.3 Å². The SMILES string of the molecule is CCCNCc1ncc(-c2ccc(OC)c(Br)c2)o1. The lowest BCUT2D eigenvalue weighted by Gasteiger charge is -2.04. The van der Waals surface area contributed by atoms with Gasteiger partial charge in [0.25, 0.3) is 0 Å². The van der Waals surface area contributed by atoms with E-state index in [9.17, 15) is 0 Å². The van der Waals surface area contributed by atoms with E-state index < -0.39 is 0 Å². The van der Waals surface area contributed by atoms with Gasteiger partial charge in [0, 0.05) is 5.56 Å². The first-order valence-corrected chi connectivity index (χ1v) is 7.03. The number of benzene rings is 1. The van der Waals surface area contributed by atoms with E-state index in [0.29, 0.717) is 12.4 Å². The second-order valence-corrected chi connectivity index (χ2v) is 5.00. The number of nitrogens with zero attached hydrogens (tertiary/aromatic N) is 1. The van der Waals surface area contributed by atoms with Crippen LogP contribution >= 0.6 is 15.9 Å². The predicted octanol–water partition coefficient (Wildman–Crippen LogP) is 3.61. The van der Waals surface area contributed by atoms with Gasteiger partial charge in [0.15, 0.2) is 5.76 Å². The molecule has 0 radical (unpaired) electrons. The van der Waals surface area contributed by atoms with Crippen LogP contribution in [0.25, 0.3) is 11.3 Å². The molecule has 0 saturated heterocycles. The largest absolute Gasteiger partial charge is 0.496 e. The van der Waals surface area contributed by atoms with E-state index in [-0.39, 0.29) is 0 Å². The average Bonchev–Trinajstić information content (AvgIpc) is 2.88. The smallest absolute Gasteiger partial charge is 0.208 e. The molecule has 1 aromatic carbocycles. The summed E-state index contributed by atoms with van der Waals surface area (Å²) in [6.45, 7) is 3.75. The summed E-state index contributed by atoms with van der Waals surface area (Å²) in [7, 11) is 1.64. The Bertz CT molecular complexity index is 540. The van der Waals surface area contributed by atoms with Crippen LogP contribution in [-0.2, 0) is 6.54 Å². The lowest BCUT2D eigenvalue weighted by molar-refractivity contribution is 0.412. The molecule has 2 rings (SSSR count). The second kappa shape index (κ2) is 6.73. The van der Waals surface area contributed by atoms with E-state index in [1.54, 1.807) is 13.3 Å². The number of aromatic nitrogens is 1. The lowest BCUT2D eigenvalue weighted by Crippen LogP contribution is -2.13. The van der Waals surface area contributed by atoms with Gasteiger partial charge in [0.2, 0.25) is 5.89 Å². The molecule has 0 aliphatic rings. The number of ether oxygens (including phenoxy) is 1. The summed E-state index contributed by atoms with van der Waals surface area (Å²) in [5, 5.41) is 3.26. The molecule has 5 heteroatoms. The molecule has 0 bridgehead atoms. The Morgan fingerprint density at radius 2 is 2.26 bits per heavy atom. The third-order valence-corrected chi connectivity index (χ3v) is 3.31. The van der Waals surface area contributed by atoms with Crippen molar-refractivity contribution in [3.63, 3.8) is 0 Å². The molecule has 0 amide bonds. The van der Waals surface area contributed by atoms with E-state index >= 15 is 0 Å². The van der Waals surface area contributed by atoms with Crippen LogP contribution in [0.2, 0.25) is 0 Å². The van der Waals surface area contributed by atoms with Gasteiger partial charge in [0.05, 0.1) is 24.3 Å². The zero-order valence-corrected chi connectivity index (χ0v) is 12.7. The van der Waals surface area contributed by atoms with E-state index in [1.165, 1.54) is 0 Å². The third kappa shape index (κ3) is 3.58. The highest BCUT2D eigenvalue weighted by Crippen LogP contribution is 2.30. The Morgan fingerprint density at radius 3 is 2.95 bits per heavy atom. The maximum Gasteiger partial charge on any atom is 0.208 e. The number of oxazole rings is 1. The molecular weight excluding hydrogens is 308 g/mol. The van der Waals surface area contributed by atoms with Crippen molar-refractivity contribution in [3.05, 3.63) is 34.8 Å². The van der Waals surface area contributed by atoms with Crippen LogP contribution in [0.1, 0.15) is 19.2 Å². The number of rotatable bonds is 6. The van der Waals surface area contributed by atoms with E-state index in [1.807, 2.05) is 18.2 Å². The summed E-state index contributed by atoms with van der Waals surface area (Å²) in [4.78, 5) is 4.26. The molecule has 102 valence electrons. The first-order valence-electron chi connectivity index (χ1n) is 6.24. The maximum atomic E-state index is 5.71. The highest BCUT2D eigenvalue weighted by atomic mass is 79.9. The van der Waals surface area contributed by atoms with Crippen LogP contribution in [0.3, 0.4) is 0 Å². The highest BCUT2D eigenvalue weighted by molar-refractivity contribution is 9.10. The Hall–Kier alpha value is -1.33. The van der Waals surface area contributed by atoms with E-state index in [2.05, 4.69) is 33.2 Å². The number of hydrogen-bond acceptors (Lipinski definition) is 4. The molecule has 1 N–H and O–H groups in total. The zero-order valence-electron chi connectivity index (χ0n) is 11.1. The molecule has 0 aliphatic heterocycles. The molecule has 0 aliphatic carbocycles. The van der Waals surface area contributed by atoms with Crippen molar-refractivity contribution < 1.29 is 9.15 Å². The molecule has 0 fully saturated rings. The second-order valence-electron chi connectivity index (χ2n) is 4.14. The fourth-order valence-corrected chi connectivity index (χ4v) is 2.26. The fourth-order valence-electron chi connectivity index (χ4n) is 1.72. The van der Waals surface area contributed by atoms with Gasteiger partial charge < -0.3 is 14.5 Å². The van der Waals surface area contributed by atoms with Gasteiger partial charge >= 0.3 is 0 Å². The number of nitrogens with one attached hydrogen (secondary N) is 1. The first-order chi connectivity index (χ1) is 9.24. The molecule has 0 spiro atoms. The van der Waals surface area contributed by atoms with E-state index in [0.717, 1.165) is 34.5 Å². The minimum Gasteiger partial charge on any atom is -0.496 e. The van der Waals surface area contributed by atoms with Gasteiger partial charge in [-0.2, -0.15) is 0 Å². The molecule has 0 unspecified atom stereocenters. The van der Waals surface area contributed by atoms with Gasteiger partial charge in [-0.15, -0.1) is 0 Å². The van der Waals surface area contributed by atoms with Gasteiger partial charge in [-0.05, 0) is 47.1 Å². The third-order valence-electron chi connectivity index (χ3n) is 2.69. The van der Waals surface area contributed by atoms with Crippen molar-refractivity contribution >= 4 is 15.9 Å². The van der Waals surface area contributed by atoms with Crippen molar-refractivity contribution in [3.8, 4) is 17.1 Å². The van der Waals surface area contributed by atoms with Crippen molar-refractivity contribution in [1.29, 1.82) is 0 Å². The molecule has 19 heavy (non-hydrogen) atoms. The maximum absolute atomic E-state index is 5.71. The Kier molecular flexibility index (Phi) is 4.99. The molecule has 0 atom stereocenters. The summed E-state index contributed by atoms with van der Waals surface area (Å²) in [5.41, 5.74) is 0.974. The van der Waals surface area contributed by atoms with Crippen LogP contribution < -0.4 is 10.1 Å². The quantitative estimate of drug-likeness (QED) is 0.824. The first kappa shape index (κ1) is 14.1. The summed E-state index contributed by atoms with van der Waals surface area (Å²) in [6, 6.07) is 5.81. The normalized spacial score (nSPS) is 10.7. The standard InChI is InChI=1S/C14H17BrN2O2/c1-3-6-16-9-14-17-8-13(19-14)10-4-5-12(18-2)11(15)7-10/h4-5,7-8,16H,3,6,9H2,1-2H3. The Balaban J connectivity index is 2.11. The zero-order chi connectivity index (χ0) is 13.7. The minimum absolute atomic E-state index is 0.658. The number of hydrogen-bond donors (Lipinski definition) is 1. The monoisotopic (exact) mass is 324 g/mol. The van der Waals surface area contributed by atoms with Crippen LogP contribution in [-0.4, -0.2) is 18.6 Å². The van der Waals surface area contributed by atoms with Gasteiger partial charge in [-0.3, -0.25) is 0 Å². The predicted molar refractivity (Wildman–Crippen MR) is 78.2 cm³/mol. The average molecular weight is 325 g/mol. The van der Waals surface area contributed by atoms with Gasteiger partial charge in [-0.1, -0.05) is 6.92 Å². The molecule has 1 heterocycles. The van der Waals surface area contributed by atoms with Gasteiger partial charge in [-0.25, -0.2) is 4.98 Å². The van der Waals surface area contributed by atoms with Gasteiger partial charge in [0.1, 0.15) is 5.75 Å². The number of methoxy groups -OCH3 is 1. The van der Waals surface area contributed by atoms with Crippen LogP contribution in [0.5, 0.6) is 5.75 Å². The van der Waals surface area contributed by atoms with Crippen molar-refractivity contribution in [2.75, 3.05) is 13.7 Å². The topological polar surface area (TPSA) is 47.3 Å². The number of halogens is 1. The highest BCUT2D eigenvalue weighted by Gasteiger charge is 2.08. The minimum atomic E-state index is 0.658. The Labute approximate surface area is 121 Å². The summed E-state index contributed by atoms with van der Waals surface area (Å²) >= 11 is 3.46. The lowest BCUT2D eigenvalue weighted by atomic mass is 10.2.